The second-order valence-electron chi connectivity index (χ2n) is 6.72. The molecule has 1 N–H and O–H groups in total. The first-order chi connectivity index (χ1) is 11.0. The van der Waals surface area contributed by atoms with Crippen molar-refractivity contribution in [1.82, 2.24) is 4.90 Å². The second-order valence-corrected chi connectivity index (χ2v) is 7.13. The fraction of sp³-hybridized carbons (Fsp3) is 0.611. The Bertz CT molecular complexity index is 604. The summed E-state index contributed by atoms with van der Waals surface area (Å²) in [6, 6.07) is 3.66. The van der Waals surface area contributed by atoms with E-state index >= 15 is 0 Å². The number of rotatable bonds is 2. The zero-order valence-electron chi connectivity index (χ0n) is 13.7. The molecule has 3 atom stereocenters. The number of benzene rings is 1. The Balaban J connectivity index is 1.88. The van der Waals surface area contributed by atoms with Gasteiger partial charge in [-0.2, -0.15) is 0 Å². The highest BCUT2D eigenvalue weighted by Gasteiger charge is 2.40. The van der Waals surface area contributed by atoms with Gasteiger partial charge in [0, 0.05) is 12.5 Å². The van der Waals surface area contributed by atoms with Crippen LogP contribution in [0.15, 0.2) is 12.1 Å². The maximum atomic E-state index is 13.1. The summed E-state index contributed by atoms with van der Waals surface area (Å²) in [6.45, 7) is 5.56. The summed E-state index contributed by atoms with van der Waals surface area (Å²) >= 11 is 6.32. The molecule has 2 aliphatic rings. The molecule has 1 aromatic rings. The van der Waals surface area contributed by atoms with Crippen LogP contribution in [-0.2, 0) is 4.74 Å². The normalized spacial score (nSPS) is 28.2. The number of hydrogen-bond acceptors (Lipinski definition) is 3. The molecule has 1 saturated heterocycles. The molecule has 0 unspecified atom stereocenters. The van der Waals surface area contributed by atoms with Crippen molar-refractivity contribution in [2.24, 2.45) is 5.92 Å². The van der Waals surface area contributed by atoms with Gasteiger partial charge in [-0.25, -0.2) is 0 Å². The standard InChI is InChI=1S/C18H24ClNO3/c1-11-8-14(15(19)9-12(11)2)18(22)20-6-7-23-10-16(20)13-4-3-5-17(13)21/h8-9,13,16-17,21H,3-7,10H2,1-2H3/t13-,16+,17-/m0/s1. The van der Waals surface area contributed by atoms with Crippen LogP contribution in [0.2, 0.25) is 5.02 Å². The fourth-order valence-corrected chi connectivity index (χ4v) is 4.05. The first kappa shape index (κ1) is 16.7. The average Bonchev–Trinajstić information content (AvgIpc) is 2.96. The Morgan fingerprint density at radius 1 is 1.30 bits per heavy atom. The number of aryl methyl sites for hydroxylation is 2. The predicted octanol–water partition coefficient (Wildman–Crippen LogP) is 2.96. The van der Waals surface area contributed by atoms with Crippen molar-refractivity contribution in [3.05, 3.63) is 33.8 Å². The maximum Gasteiger partial charge on any atom is 0.255 e. The molecule has 126 valence electrons. The van der Waals surface area contributed by atoms with E-state index < -0.39 is 0 Å². The Morgan fingerprint density at radius 3 is 2.74 bits per heavy atom. The average molecular weight is 338 g/mol. The van der Waals surface area contributed by atoms with Gasteiger partial charge in [-0.1, -0.05) is 18.0 Å². The van der Waals surface area contributed by atoms with Gasteiger partial charge in [0.1, 0.15) is 0 Å². The lowest BCUT2D eigenvalue weighted by molar-refractivity contribution is -0.0383. The van der Waals surface area contributed by atoms with Gasteiger partial charge in [-0.05, 0) is 49.9 Å². The van der Waals surface area contributed by atoms with Gasteiger partial charge in [0.2, 0.25) is 0 Å². The number of hydrogen-bond donors (Lipinski definition) is 1. The molecule has 3 rings (SSSR count). The van der Waals surface area contributed by atoms with Gasteiger partial charge in [0.25, 0.3) is 5.91 Å². The van der Waals surface area contributed by atoms with Crippen LogP contribution in [0.3, 0.4) is 0 Å². The molecule has 0 bridgehead atoms. The predicted molar refractivity (Wildman–Crippen MR) is 89.9 cm³/mol. The van der Waals surface area contributed by atoms with Crippen LogP contribution >= 0.6 is 11.6 Å². The molecule has 0 aromatic heterocycles. The number of carbonyl (C=O) groups excluding carboxylic acids is 1. The van der Waals surface area contributed by atoms with E-state index in [0.29, 0.717) is 30.3 Å². The van der Waals surface area contributed by atoms with Gasteiger partial charge in [-0.15, -0.1) is 0 Å². The Labute approximate surface area is 142 Å². The van der Waals surface area contributed by atoms with Crippen LogP contribution in [0.1, 0.15) is 40.7 Å². The van der Waals surface area contributed by atoms with Crippen molar-refractivity contribution in [1.29, 1.82) is 0 Å². The quantitative estimate of drug-likeness (QED) is 0.902. The Kier molecular flexibility index (Phi) is 4.95. The van der Waals surface area contributed by atoms with Gasteiger partial charge in [0.05, 0.1) is 35.9 Å². The molecule has 0 radical (unpaired) electrons. The van der Waals surface area contributed by atoms with Crippen molar-refractivity contribution in [2.45, 2.75) is 45.3 Å². The van der Waals surface area contributed by atoms with Gasteiger partial charge < -0.3 is 14.7 Å². The van der Waals surface area contributed by atoms with Gasteiger partial charge in [-0.3, -0.25) is 4.79 Å². The summed E-state index contributed by atoms with van der Waals surface area (Å²) in [5.41, 5.74) is 2.69. The number of amides is 1. The number of nitrogens with zero attached hydrogens (tertiary/aromatic N) is 1. The maximum absolute atomic E-state index is 13.1. The molecular formula is C18H24ClNO3. The molecule has 1 heterocycles. The molecule has 5 heteroatoms. The molecule has 1 amide bonds. The summed E-state index contributed by atoms with van der Waals surface area (Å²) in [5, 5.41) is 10.7. The third-order valence-electron chi connectivity index (χ3n) is 5.27. The van der Waals surface area contributed by atoms with Gasteiger partial charge >= 0.3 is 0 Å². The Hall–Kier alpha value is -1.10. The highest BCUT2D eigenvalue weighted by molar-refractivity contribution is 6.34. The Morgan fingerprint density at radius 2 is 2.04 bits per heavy atom. The summed E-state index contributed by atoms with van der Waals surface area (Å²) in [6.07, 6.45) is 2.43. The number of carbonyl (C=O) groups is 1. The number of aliphatic hydroxyl groups excluding tert-OH is 1. The lowest BCUT2D eigenvalue weighted by atomic mass is 9.93. The molecule has 0 spiro atoms. The molecule has 4 nitrogen and oxygen atoms in total. The summed E-state index contributed by atoms with van der Waals surface area (Å²) < 4.78 is 5.59. The molecule has 1 aromatic carbocycles. The lowest BCUT2D eigenvalue weighted by Crippen LogP contribution is -2.53. The third-order valence-corrected chi connectivity index (χ3v) is 5.58. The lowest BCUT2D eigenvalue weighted by Gasteiger charge is -2.40. The monoisotopic (exact) mass is 337 g/mol. The fourth-order valence-electron chi connectivity index (χ4n) is 3.75. The number of ether oxygens (including phenoxy) is 1. The van der Waals surface area contributed by atoms with Crippen LogP contribution in [0.4, 0.5) is 0 Å². The summed E-state index contributed by atoms with van der Waals surface area (Å²) in [4.78, 5) is 14.9. The molecule has 1 saturated carbocycles. The van der Waals surface area contributed by atoms with Crippen molar-refractivity contribution >= 4 is 17.5 Å². The van der Waals surface area contributed by atoms with E-state index in [4.69, 9.17) is 16.3 Å². The van der Waals surface area contributed by atoms with E-state index in [2.05, 4.69) is 0 Å². The summed E-state index contributed by atoms with van der Waals surface area (Å²) in [5.74, 6) is 0.0510. The zero-order chi connectivity index (χ0) is 16.6. The minimum Gasteiger partial charge on any atom is -0.393 e. The van der Waals surface area contributed by atoms with Crippen molar-refractivity contribution < 1.29 is 14.6 Å². The van der Waals surface area contributed by atoms with Crippen molar-refractivity contribution in [2.75, 3.05) is 19.8 Å². The van der Waals surface area contributed by atoms with Crippen LogP contribution in [0.5, 0.6) is 0 Å². The minimum atomic E-state index is -0.341. The largest absolute Gasteiger partial charge is 0.393 e. The van der Waals surface area contributed by atoms with E-state index in [9.17, 15) is 9.90 Å². The van der Waals surface area contributed by atoms with Gasteiger partial charge in [0.15, 0.2) is 0 Å². The minimum absolute atomic E-state index is 0.0505. The second kappa shape index (κ2) is 6.80. The van der Waals surface area contributed by atoms with E-state index in [1.807, 2.05) is 30.9 Å². The first-order valence-corrected chi connectivity index (χ1v) is 8.70. The van der Waals surface area contributed by atoms with Crippen LogP contribution in [0, 0.1) is 19.8 Å². The van der Waals surface area contributed by atoms with Crippen LogP contribution < -0.4 is 0 Å². The smallest absolute Gasteiger partial charge is 0.255 e. The van der Waals surface area contributed by atoms with Crippen molar-refractivity contribution in [3.8, 4) is 0 Å². The molecule has 1 aliphatic carbocycles. The number of aliphatic hydroxyl groups is 1. The van der Waals surface area contributed by atoms with E-state index in [1.165, 1.54) is 0 Å². The van der Waals surface area contributed by atoms with Crippen LogP contribution in [0.25, 0.3) is 0 Å². The van der Waals surface area contributed by atoms with E-state index in [-0.39, 0.29) is 24.0 Å². The van der Waals surface area contributed by atoms with E-state index in [0.717, 1.165) is 30.4 Å². The molecule has 1 aliphatic heterocycles. The third kappa shape index (κ3) is 3.25. The first-order valence-electron chi connectivity index (χ1n) is 8.32. The molecule has 2 fully saturated rings. The summed E-state index contributed by atoms with van der Waals surface area (Å²) in [7, 11) is 0. The highest BCUT2D eigenvalue weighted by atomic mass is 35.5. The number of halogens is 1. The van der Waals surface area contributed by atoms with Crippen molar-refractivity contribution in [3.63, 3.8) is 0 Å². The topological polar surface area (TPSA) is 49.8 Å². The number of morpholine rings is 1. The van der Waals surface area contributed by atoms with Crippen LogP contribution in [-0.4, -0.2) is 47.8 Å². The SMILES string of the molecule is Cc1cc(Cl)c(C(=O)N2CCOC[C@@H]2[C@@H]2CCC[C@@H]2O)cc1C. The molecular weight excluding hydrogens is 314 g/mol. The molecule has 23 heavy (non-hydrogen) atoms. The zero-order valence-corrected chi connectivity index (χ0v) is 14.5. The van der Waals surface area contributed by atoms with E-state index in [1.54, 1.807) is 0 Å². The highest BCUT2D eigenvalue weighted by Crippen LogP contribution is 2.33.